The van der Waals surface area contributed by atoms with Crippen molar-refractivity contribution in [1.82, 2.24) is 20.4 Å². The summed E-state index contributed by atoms with van der Waals surface area (Å²) >= 11 is 0. The first-order chi connectivity index (χ1) is 10.1. The molecule has 0 aromatic rings. The number of rotatable bonds is 6. The summed E-state index contributed by atoms with van der Waals surface area (Å²) in [5.41, 5.74) is 0. The predicted molar refractivity (Wildman–Crippen MR) is 86.4 cm³/mol. The summed E-state index contributed by atoms with van der Waals surface area (Å²) in [6.07, 6.45) is 5.56. The van der Waals surface area contributed by atoms with Gasteiger partial charge in [0.15, 0.2) is 0 Å². The molecule has 2 unspecified atom stereocenters. The zero-order valence-corrected chi connectivity index (χ0v) is 13.9. The van der Waals surface area contributed by atoms with Crippen molar-refractivity contribution in [3.63, 3.8) is 0 Å². The SMILES string of the molecule is CC(CCN(C)C)NC(=O)C1CCCN1C1CCNCC1. The number of hydrogen-bond acceptors (Lipinski definition) is 4. The summed E-state index contributed by atoms with van der Waals surface area (Å²) in [6, 6.07) is 0.965. The van der Waals surface area contributed by atoms with E-state index in [1.807, 2.05) is 0 Å². The summed E-state index contributed by atoms with van der Waals surface area (Å²) in [6.45, 7) is 6.41. The Morgan fingerprint density at radius 1 is 1.33 bits per heavy atom. The summed E-state index contributed by atoms with van der Waals surface area (Å²) in [5.74, 6) is 0.247. The Morgan fingerprint density at radius 3 is 2.71 bits per heavy atom. The van der Waals surface area contributed by atoms with E-state index in [9.17, 15) is 4.79 Å². The fourth-order valence-electron chi connectivity index (χ4n) is 3.51. The molecule has 5 nitrogen and oxygen atoms in total. The molecule has 2 aliphatic rings. The average molecular weight is 296 g/mol. The standard InChI is InChI=1S/C16H32N4O/c1-13(8-12-19(2)3)18-16(21)15-5-4-11-20(15)14-6-9-17-10-7-14/h13-15,17H,4-12H2,1-3H3,(H,18,21). The van der Waals surface area contributed by atoms with E-state index in [1.54, 1.807) is 0 Å². The maximum Gasteiger partial charge on any atom is 0.237 e. The topological polar surface area (TPSA) is 47.6 Å². The monoisotopic (exact) mass is 296 g/mol. The van der Waals surface area contributed by atoms with Crippen LogP contribution in [0.3, 0.4) is 0 Å². The third kappa shape index (κ3) is 4.94. The van der Waals surface area contributed by atoms with E-state index >= 15 is 0 Å². The molecule has 0 radical (unpaired) electrons. The molecule has 0 spiro atoms. The van der Waals surface area contributed by atoms with Crippen molar-refractivity contribution in [2.75, 3.05) is 40.3 Å². The Morgan fingerprint density at radius 2 is 2.05 bits per heavy atom. The number of piperidine rings is 1. The van der Waals surface area contributed by atoms with Gasteiger partial charge < -0.3 is 15.5 Å². The van der Waals surface area contributed by atoms with E-state index in [1.165, 1.54) is 12.8 Å². The first-order valence-electron chi connectivity index (χ1n) is 8.49. The van der Waals surface area contributed by atoms with Gasteiger partial charge in [-0.05, 0) is 79.3 Å². The maximum absolute atomic E-state index is 12.6. The van der Waals surface area contributed by atoms with Crippen molar-refractivity contribution in [3.8, 4) is 0 Å². The second kappa shape index (κ2) is 8.11. The van der Waals surface area contributed by atoms with Gasteiger partial charge in [0.1, 0.15) is 0 Å². The van der Waals surface area contributed by atoms with Gasteiger partial charge in [-0.15, -0.1) is 0 Å². The van der Waals surface area contributed by atoms with Gasteiger partial charge in [-0.1, -0.05) is 0 Å². The highest BCUT2D eigenvalue weighted by molar-refractivity contribution is 5.82. The van der Waals surface area contributed by atoms with E-state index in [2.05, 4.69) is 41.5 Å². The molecule has 0 aliphatic carbocycles. The molecule has 0 aromatic carbocycles. The third-order valence-electron chi connectivity index (χ3n) is 4.77. The molecular weight excluding hydrogens is 264 g/mol. The first-order valence-corrected chi connectivity index (χ1v) is 8.49. The lowest BCUT2D eigenvalue weighted by Crippen LogP contribution is -2.52. The Hall–Kier alpha value is -0.650. The largest absolute Gasteiger partial charge is 0.352 e. The van der Waals surface area contributed by atoms with E-state index in [0.717, 1.165) is 45.4 Å². The van der Waals surface area contributed by atoms with Crippen molar-refractivity contribution in [3.05, 3.63) is 0 Å². The van der Waals surface area contributed by atoms with Crippen LogP contribution < -0.4 is 10.6 Å². The van der Waals surface area contributed by atoms with Gasteiger partial charge in [0.2, 0.25) is 5.91 Å². The Kier molecular flexibility index (Phi) is 6.45. The fourth-order valence-corrected chi connectivity index (χ4v) is 3.51. The highest BCUT2D eigenvalue weighted by Crippen LogP contribution is 2.24. The molecular formula is C16H32N4O. The number of nitrogens with one attached hydrogen (secondary N) is 2. The number of likely N-dealkylation sites (tertiary alicyclic amines) is 1. The van der Waals surface area contributed by atoms with E-state index in [-0.39, 0.29) is 18.0 Å². The Balaban J connectivity index is 1.82. The molecule has 2 fully saturated rings. The lowest BCUT2D eigenvalue weighted by Gasteiger charge is -2.35. The molecule has 2 rings (SSSR count). The Bertz CT molecular complexity index is 328. The number of amides is 1. The Labute approximate surface area is 129 Å². The van der Waals surface area contributed by atoms with Crippen LogP contribution in [-0.2, 0) is 4.79 Å². The van der Waals surface area contributed by atoms with Crippen LogP contribution >= 0.6 is 0 Å². The summed E-state index contributed by atoms with van der Waals surface area (Å²) < 4.78 is 0. The van der Waals surface area contributed by atoms with Crippen molar-refractivity contribution < 1.29 is 4.79 Å². The van der Waals surface area contributed by atoms with Gasteiger partial charge in [-0.2, -0.15) is 0 Å². The lowest BCUT2D eigenvalue weighted by atomic mass is 10.0. The van der Waals surface area contributed by atoms with Gasteiger partial charge in [0.05, 0.1) is 6.04 Å². The van der Waals surface area contributed by atoms with Crippen LogP contribution in [0.1, 0.15) is 39.0 Å². The second-order valence-corrected chi connectivity index (χ2v) is 6.88. The van der Waals surface area contributed by atoms with Crippen molar-refractivity contribution in [2.45, 2.75) is 57.2 Å². The number of carbonyl (C=O) groups is 1. The number of hydrogen-bond donors (Lipinski definition) is 2. The summed E-state index contributed by atoms with van der Waals surface area (Å²) in [7, 11) is 4.15. The molecule has 122 valence electrons. The molecule has 21 heavy (non-hydrogen) atoms. The third-order valence-corrected chi connectivity index (χ3v) is 4.77. The normalized spacial score (nSPS) is 26.2. The highest BCUT2D eigenvalue weighted by Gasteiger charge is 2.35. The zero-order chi connectivity index (χ0) is 15.2. The smallest absolute Gasteiger partial charge is 0.237 e. The van der Waals surface area contributed by atoms with Crippen LogP contribution in [0.15, 0.2) is 0 Å². The average Bonchev–Trinajstić information content (AvgIpc) is 2.95. The number of nitrogens with zero attached hydrogens (tertiary/aromatic N) is 2. The predicted octanol–water partition coefficient (Wildman–Crippen LogP) is 0.659. The minimum atomic E-state index is 0.106. The van der Waals surface area contributed by atoms with Crippen LogP contribution in [0.25, 0.3) is 0 Å². The molecule has 2 N–H and O–H groups in total. The van der Waals surface area contributed by atoms with Crippen LogP contribution in [0.2, 0.25) is 0 Å². The van der Waals surface area contributed by atoms with Gasteiger partial charge in [0.25, 0.3) is 0 Å². The highest BCUT2D eigenvalue weighted by atomic mass is 16.2. The molecule has 2 aliphatic heterocycles. The van der Waals surface area contributed by atoms with Gasteiger partial charge >= 0.3 is 0 Å². The first kappa shape index (κ1) is 16.7. The lowest BCUT2D eigenvalue weighted by molar-refractivity contribution is -0.127. The molecule has 0 bridgehead atoms. The van der Waals surface area contributed by atoms with Gasteiger partial charge in [-0.3, -0.25) is 9.69 Å². The van der Waals surface area contributed by atoms with E-state index < -0.39 is 0 Å². The van der Waals surface area contributed by atoms with Crippen LogP contribution in [0, 0.1) is 0 Å². The fraction of sp³-hybridized carbons (Fsp3) is 0.938. The molecule has 1 amide bonds. The van der Waals surface area contributed by atoms with E-state index in [4.69, 9.17) is 0 Å². The van der Waals surface area contributed by atoms with Crippen LogP contribution in [-0.4, -0.2) is 74.1 Å². The summed E-state index contributed by atoms with van der Waals surface area (Å²) in [5, 5.41) is 6.63. The second-order valence-electron chi connectivity index (χ2n) is 6.88. The van der Waals surface area contributed by atoms with Crippen molar-refractivity contribution >= 4 is 5.91 Å². The zero-order valence-electron chi connectivity index (χ0n) is 13.9. The van der Waals surface area contributed by atoms with Crippen LogP contribution in [0.5, 0.6) is 0 Å². The quantitative estimate of drug-likeness (QED) is 0.756. The van der Waals surface area contributed by atoms with Crippen LogP contribution in [0.4, 0.5) is 0 Å². The minimum Gasteiger partial charge on any atom is -0.352 e. The van der Waals surface area contributed by atoms with Crippen molar-refractivity contribution in [1.29, 1.82) is 0 Å². The minimum absolute atomic E-state index is 0.106. The van der Waals surface area contributed by atoms with Crippen molar-refractivity contribution in [2.24, 2.45) is 0 Å². The maximum atomic E-state index is 12.6. The number of carbonyl (C=O) groups excluding carboxylic acids is 1. The van der Waals surface area contributed by atoms with Gasteiger partial charge in [-0.25, -0.2) is 0 Å². The molecule has 2 saturated heterocycles. The summed E-state index contributed by atoms with van der Waals surface area (Å²) in [4.78, 5) is 17.2. The molecule has 2 heterocycles. The molecule has 0 saturated carbocycles. The molecule has 2 atom stereocenters. The molecule has 5 heteroatoms. The molecule has 0 aromatic heterocycles. The van der Waals surface area contributed by atoms with Gasteiger partial charge in [0, 0.05) is 12.1 Å². The van der Waals surface area contributed by atoms with E-state index in [0.29, 0.717) is 6.04 Å².